The molecule has 1 fully saturated rings. The van der Waals surface area contributed by atoms with Crippen molar-refractivity contribution in [3.63, 3.8) is 0 Å². The molecule has 3 nitrogen and oxygen atoms in total. The molecule has 1 aliphatic carbocycles. The van der Waals surface area contributed by atoms with Crippen LogP contribution in [0.15, 0.2) is 12.1 Å². The average molecular weight is 277 g/mol. The molecule has 1 aliphatic rings. The lowest BCUT2D eigenvalue weighted by Crippen LogP contribution is -2.36. The molecule has 2 rings (SSSR count). The first-order chi connectivity index (χ1) is 9.19. The van der Waals surface area contributed by atoms with Crippen molar-refractivity contribution in [3.05, 3.63) is 21.9 Å². The van der Waals surface area contributed by atoms with Crippen LogP contribution in [0.25, 0.3) is 0 Å². The number of thiophene rings is 1. The monoisotopic (exact) mass is 277 g/mol. The van der Waals surface area contributed by atoms with Crippen molar-refractivity contribution in [2.75, 3.05) is 6.61 Å². The molecule has 1 aromatic heterocycles. The van der Waals surface area contributed by atoms with E-state index < -0.39 is 0 Å². The maximum Gasteiger partial charge on any atom is 0.261 e. The van der Waals surface area contributed by atoms with Crippen LogP contribution in [0.5, 0.6) is 0 Å². The number of hydrogen-bond acceptors (Lipinski definition) is 3. The Morgan fingerprint density at radius 1 is 1.42 bits per heavy atom. The molecule has 4 heteroatoms. The van der Waals surface area contributed by atoms with Crippen molar-refractivity contribution in [2.24, 2.45) is 5.92 Å². The number of amides is 1. The van der Waals surface area contributed by atoms with E-state index in [-0.39, 0.29) is 12.5 Å². The number of aliphatic hydroxyl groups is 1. The minimum atomic E-state index is -0.153. The van der Waals surface area contributed by atoms with Gasteiger partial charge in [0.25, 0.3) is 5.91 Å². The van der Waals surface area contributed by atoms with E-state index in [4.69, 9.17) is 5.11 Å². The average Bonchev–Trinajstić information content (AvgIpc) is 2.88. The van der Waals surface area contributed by atoms with Crippen LogP contribution in [0.4, 0.5) is 0 Å². The zero-order valence-corrected chi connectivity index (χ0v) is 11.9. The molecule has 0 saturated heterocycles. The lowest BCUT2D eigenvalue weighted by molar-refractivity contribution is 0.0927. The van der Waals surface area contributed by atoms with E-state index >= 15 is 0 Å². The molecular formula is C15H19NO2S. The standard InChI is InChI=1S/C15H19NO2S/c1-11-4-6-12(7-5-11)16-15(18)14-9-8-13(19-14)3-2-10-17/h8-9,11-12,17H,4-7,10H2,1H3,(H,16,18). The summed E-state index contributed by atoms with van der Waals surface area (Å²) in [5.41, 5.74) is 0. The lowest BCUT2D eigenvalue weighted by atomic mass is 9.87. The number of hydrogen-bond donors (Lipinski definition) is 2. The number of aliphatic hydroxyl groups excluding tert-OH is 1. The molecular weight excluding hydrogens is 258 g/mol. The van der Waals surface area contributed by atoms with E-state index in [1.807, 2.05) is 6.07 Å². The molecule has 0 aromatic carbocycles. The Kier molecular flexibility index (Phi) is 5.00. The SMILES string of the molecule is CC1CCC(NC(=O)c2ccc(C#CCO)s2)CC1. The first-order valence-corrected chi connectivity index (χ1v) is 7.51. The van der Waals surface area contributed by atoms with Crippen molar-refractivity contribution in [3.8, 4) is 11.8 Å². The van der Waals surface area contributed by atoms with Gasteiger partial charge < -0.3 is 10.4 Å². The highest BCUT2D eigenvalue weighted by Crippen LogP contribution is 2.24. The number of carbonyl (C=O) groups excluding carboxylic acids is 1. The van der Waals surface area contributed by atoms with Gasteiger partial charge in [-0.2, -0.15) is 0 Å². The minimum Gasteiger partial charge on any atom is -0.384 e. The van der Waals surface area contributed by atoms with Crippen molar-refractivity contribution in [2.45, 2.75) is 38.6 Å². The number of carbonyl (C=O) groups is 1. The zero-order valence-electron chi connectivity index (χ0n) is 11.1. The van der Waals surface area contributed by atoms with Gasteiger partial charge in [0.05, 0.1) is 9.75 Å². The van der Waals surface area contributed by atoms with E-state index in [1.54, 1.807) is 6.07 Å². The largest absolute Gasteiger partial charge is 0.384 e. The highest BCUT2D eigenvalue weighted by Gasteiger charge is 2.20. The summed E-state index contributed by atoms with van der Waals surface area (Å²) >= 11 is 1.37. The summed E-state index contributed by atoms with van der Waals surface area (Å²) in [7, 11) is 0. The Labute approximate surface area is 118 Å². The summed E-state index contributed by atoms with van der Waals surface area (Å²) in [4.78, 5) is 13.6. The fourth-order valence-corrected chi connectivity index (χ4v) is 3.10. The van der Waals surface area contributed by atoms with Gasteiger partial charge in [-0.15, -0.1) is 11.3 Å². The molecule has 2 N–H and O–H groups in total. The van der Waals surface area contributed by atoms with Gasteiger partial charge >= 0.3 is 0 Å². The van der Waals surface area contributed by atoms with Crippen molar-refractivity contribution >= 4 is 17.2 Å². The third-order valence-electron chi connectivity index (χ3n) is 3.47. The predicted molar refractivity (Wildman–Crippen MR) is 77.2 cm³/mol. The van der Waals surface area contributed by atoms with Gasteiger partial charge in [0.2, 0.25) is 0 Å². The summed E-state index contributed by atoms with van der Waals surface area (Å²) in [6, 6.07) is 3.94. The van der Waals surface area contributed by atoms with Gasteiger partial charge in [-0.3, -0.25) is 4.79 Å². The van der Waals surface area contributed by atoms with Crippen LogP contribution in [0.1, 0.15) is 47.2 Å². The lowest BCUT2D eigenvalue weighted by Gasteiger charge is -2.26. The Bertz CT molecular complexity index is 490. The number of rotatable bonds is 2. The first kappa shape index (κ1) is 14.1. The van der Waals surface area contributed by atoms with Crippen LogP contribution < -0.4 is 5.32 Å². The molecule has 1 saturated carbocycles. The van der Waals surface area contributed by atoms with Crippen LogP contribution in [0.3, 0.4) is 0 Å². The predicted octanol–water partition coefficient (Wildman–Crippen LogP) is 2.40. The van der Waals surface area contributed by atoms with Gasteiger partial charge in [-0.05, 0) is 43.7 Å². The van der Waals surface area contributed by atoms with Crippen LogP contribution in [0.2, 0.25) is 0 Å². The summed E-state index contributed by atoms with van der Waals surface area (Å²) in [5.74, 6) is 6.19. The van der Waals surface area contributed by atoms with E-state index in [0.29, 0.717) is 10.9 Å². The molecule has 1 heterocycles. The number of nitrogens with one attached hydrogen (secondary N) is 1. The fraction of sp³-hybridized carbons (Fsp3) is 0.533. The first-order valence-electron chi connectivity index (χ1n) is 6.69. The second-order valence-electron chi connectivity index (χ2n) is 5.05. The second kappa shape index (κ2) is 6.74. The minimum absolute atomic E-state index is 0.00148. The zero-order chi connectivity index (χ0) is 13.7. The quantitative estimate of drug-likeness (QED) is 0.816. The topological polar surface area (TPSA) is 49.3 Å². The maximum atomic E-state index is 12.1. The molecule has 0 atom stereocenters. The molecule has 0 spiro atoms. The Morgan fingerprint density at radius 2 is 2.16 bits per heavy atom. The van der Waals surface area contributed by atoms with Gasteiger partial charge in [-0.25, -0.2) is 0 Å². The van der Waals surface area contributed by atoms with Gasteiger partial charge in [0.1, 0.15) is 6.61 Å². The summed E-state index contributed by atoms with van der Waals surface area (Å²) in [6.07, 6.45) is 4.55. The highest BCUT2D eigenvalue weighted by molar-refractivity contribution is 7.14. The smallest absolute Gasteiger partial charge is 0.261 e. The highest BCUT2D eigenvalue weighted by atomic mass is 32.1. The summed E-state index contributed by atoms with van der Waals surface area (Å²) in [5, 5.41) is 11.7. The van der Waals surface area contributed by atoms with Gasteiger partial charge in [-0.1, -0.05) is 18.8 Å². The van der Waals surface area contributed by atoms with Crippen LogP contribution in [-0.2, 0) is 0 Å². The second-order valence-corrected chi connectivity index (χ2v) is 6.14. The Hall–Kier alpha value is -1.31. The van der Waals surface area contributed by atoms with Crippen LogP contribution in [0, 0.1) is 17.8 Å². The van der Waals surface area contributed by atoms with E-state index in [0.717, 1.165) is 23.6 Å². The van der Waals surface area contributed by atoms with Gasteiger partial charge in [0, 0.05) is 6.04 Å². The molecule has 1 aromatic rings. The van der Waals surface area contributed by atoms with Gasteiger partial charge in [0.15, 0.2) is 0 Å². The van der Waals surface area contributed by atoms with Crippen LogP contribution in [-0.4, -0.2) is 23.7 Å². The molecule has 102 valence electrons. The molecule has 0 unspecified atom stereocenters. The fourth-order valence-electron chi connectivity index (χ4n) is 2.31. The van der Waals surface area contributed by atoms with Crippen molar-refractivity contribution in [1.82, 2.24) is 5.32 Å². The third kappa shape index (κ3) is 4.09. The molecule has 0 bridgehead atoms. The molecule has 0 aliphatic heterocycles. The molecule has 1 amide bonds. The Morgan fingerprint density at radius 3 is 2.84 bits per heavy atom. The van der Waals surface area contributed by atoms with Crippen molar-refractivity contribution in [1.29, 1.82) is 0 Å². The van der Waals surface area contributed by atoms with E-state index in [1.165, 1.54) is 24.2 Å². The summed E-state index contributed by atoms with van der Waals surface area (Å²) in [6.45, 7) is 2.11. The van der Waals surface area contributed by atoms with Crippen LogP contribution >= 0.6 is 11.3 Å². The maximum absolute atomic E-state index is 12.1. The van der Waals surface area contributed by atoms with E-state index in [2.05, 4.69) is 24.1 Å². The Balaban J connectivity index is 1.91. The summed E-state index contributed by atoms with van der Waals surface area (Å²) < 4.78 is 0. The molecule has 0 radical (unpaired) electrons. The van der Waals surface area contributed by atoms with Crippen molar-refractivity contribution < 1.29 is 9.90 Å². The molecule has 19 heavy (non-hydrogen) atoms. The van der Waals surface area contributed by atoms with E-state index in [9.17, 15) is 4.79 Å². The third-order valence-corrected chi connectivity index (χ3v) is 4.47. The normalized spacial score (nSPS) is 22.4.